The lowest BCUT2D eigenvalue weighted by molar-refractivity contribution is -0.121. The average molecular weight is 243 g/mol. The minimum Gasteiger partial charge on any atom is -0.364 e. The summed E-state index contributed by atoms with van der Waals surface area (Å²) in [6.07, 6.45) is 0. The van der Waals surface area contributed by atoms with Crippen LogP contribution in [0, 0.1) is 11.3 Å². The minimum absolute atomic E-state index is 0.0502. The third-order valence-corrected chi connectivity index (χ3v) is 2.86. The number of nitrogens with zero attached hydrogens (tertiary/aromatic N) is 3. The van der Waals surface area contributed by atoms with Gasteiger partial charge in [0.1, 0.15) is 5.78 Å². The van der Waals surface area contributed by atoms with E-state index in [0.29, 0.717) is 11.3 Å². The summed E-state index contributed by atoms with van der Waals surface area (Å²) < 4.78 is 0. The second kappa shape index (κ2) is 4.49. The molecule has 0 spiro atoms. The molecule has 0 aliphatic carbocycles. The molecule has 5 heteroatoms. The van der Waals surface area contributed by atoms with E-state index in [1.54, 1.807) is 18.2 Å². The fraction of sp³-hybridized carbons (Fsp3) is 0.308. The molecule has 18 heavy (non-hydrogen) atoms. The van der Waals surface area contributed by atoms with Crippen LogP contribution in [0.2, 0.25) is 0 Å². The molecular weight excluding hydrogens is 230 g/mol. The topological polar surface area (TPSA) is 64.4 Å². The Kier molecular flexibility index (Phi) is 3.02. The number of hydrogen-bond donors (Lipinski definition) is 0. The highest BCUT2D eigenvalue weighted by Gasteiger charge is 2.28. The van der Waals surface area contributed by atoms with E-state index in [9.17, 15) is 9.59 Å². The number of likely N-dealkylation sites (N-methyl/N-ethyl adjacent to an activating group) is 1. The molecule has 1 amide bonds. The first-order valence-electron chi connectivity index (χ1n) is 5.58. The summed E-state index contributed by atoms with van der Waals surface area (Å²) in [5, 5.41) is 8.91. The van der Waals surface area contributed by atoms with Crippen molar-refractivity contribution in [2.75, 3.05) is 29.9 Å². The van der Waals surface area contributed by atoms with Crippen molar-refractivity contribution in [3.8, 4) is 6.07 Å². The van der Waals surface area contributed by atoms with Crippen molar-refractivity contribution in [3.05, 3.63) is 23.8 Å². The fourth-order valence-corrected chi connectivity index (χ4v) is 2.04. The standard InChI is InChI=1S/C13H13N3O2/c1-9(17)7-16-12-5-10(6-14)3-4-11(12)15(2)8-13(16)18/h3-5H,7-8H2,1-2H3. The van der Waals surface area contributed by atoms with E-state index in [1.165, 1.54) is 11.8 Å². The van der Waals surface area contributed by atoms with Gasteiger partial charge in [-0.1, -0.05) is 0 Å². The van der Waals surface area contributed by atoms with Crippen molar-refractivity contribution in [3.63, 3.8) is 0 Å². The molecule has 0 N–H and O–H groups in total. The van der Waals surface area contributed by atoms with Gasteiger partial charge in [-0.3, -0.25) is 9.59 Å². The lowest BCUT2D eigenvalue weighted by Gasteiger charge is -2.34. The Balaban J connectivity index is 2.52. The number of amides is 1. The summed E-state index contributed by atoms with van der Waals surface area (Å²) in [4.78, 5) is 26.4. The van der Waals surface area contributed by atoms with E-state index in [1.807, 2.05) is 18.0 Å². The van der Waals surface area contributed by atoms with E-state index >= 15 is 0 Å². The smallest absolute Gasteiger partial charge is 0.246 e. The lowest BCUT2D eigenvalue weighted by atomic mass is 10.1. The Morgan fingerprint density at radius 1 is 1.44 bits per heavy atom. The van der Waals surface area contributed by atoms with Crippen LogP contribution in [-0.4, -0.2) is 31.8 Å². The van der Waals surface area contributed by atoms with Crippen molar-refractivity contribution in [2.24, 2.45) is 0 Å². The molecule has 1 aliphatic rings. The largest absolute Gasteiger partial charge is 0.364 e. The first-order chi connectivity index (χ1) is 8.52. The molecule has 92 valence electrons. The van der Waals surface area contributed by atoms with Gasteiger partial charge in [-0.15, -0.1) is 0 Å². The van der Waals surface area contributed by atoms with Crippen LogP contribution in [0.3, 0.4) is 0 Å². The van der Waals surface area contributed by atoms with Crippen molar-refractivity contribution in [1.82, 2.24) is 0 Å². The Hall–Kier alpha value is -2.35. The van der Waals surface area contributed by atoms with E-state index in [2.05, 4.69) is 0 Å². The van der Waals surface area contributed by atoms with Crippen LogP contribution in [-0.2, 0) is 9.59 Å². The van der Waals surface area contributed by atoms with Crippen molar-refractivity contribution in [2.45, 2.75) is 6.92 Å². The molecule has 0 bridgehead atoms. The first-order valence-corrected chi connectivity index (χ1v) is 5.58. The Morgan fingerprint density at radius 2 is 2.17 bits per heavy atom. The monoisotopic (exact) mass is 243 g/mol. The summed E-state index contributed by atoms with van der Waals surface area (Å²) in [6, 6.07) is 7.19. The highest BCUT2D eigenvalue weighted by molar-refractivity contribution is 6.06. The van der Waals surface area contributed by atoms with Gasteiger partial charge in [0, 0.05) is 7.05 Å². The number of benzene rings is 1. The van der Waals surface area contributed by atoms with Gasteiger partial charge in [0.25, 0.3) is 0 Å². The van der Waals surface area contributed by atoms with Crippen molar-refractivity contribution in [1.29, 1.82) is 5.26 Å². The number of nitriles is 1. The zero-order valence-electron chi connectivity index (χ0n) is 10.3. The van der Waals surface area contributed by atoms with Gasteiger partial charge in [-0.25, -0.2) is 0 Å². The summed E-state index contributed by atoms with van der Waals surface area (Å²) in [5.41, 5.74) is 1.96. The molecule has 5 nitrogen and oxygen atoms in total. The van der Waals surface area contributed by atoms with Crippen LogP contribution < -0.4 is 9.80 Å². The predicted octanol–water partition coefficient (Wildman–Crippen LogP) is 0.930. The average Bonchev–Trinajstić information content (AvgIpc) is 2.33. The van der Waals surface area contributed by atoms with Gasteiger partial charge >= 0.3 is 0 Å². The minimum atomic E-state index is -0.129. The van der Waals surface area contributed by atoms with E-state index < -0.39 is 0 Å². The SMILES string of the molecule is CC(=O)CN1C(=O)CN(C)c2ccc(C#N)cc21. The maximum atomic E-state index is 12.0. The first kappa shape index (κ1) is 12.1. The molecule has 1 aliphatic heterocycles. The molecule has 1 aromatic rings. The maximum absolute atomic E-state index is 12.0. The van der Waals surface area contributed by atoms with Crippen LogP contribution in [0.25, 0.3) is 0 Å². The third-order valence-electron chi connectivity index (χ3n) is 2.86. The number of carbonyl (C=O) groups excluding carboxylic acids is 2. The summed E-state index contributed by atoms with van der Waals surface area (Å²) in [6.45, 7) is 1.74. The molecule has 0 aromatic heterocycles. The predicted molar refractivity (Wildman–Crippen MR) is 67.5 cm³/mol. The zero-order valence-corrected chi connectivity index (χ0v) is 10.3. The van der Waals surface area contributed by atoms with Crippen molar-refractivity contribution < 1.29 is 9.59 Å². The van der Waals surface area contributed by atoms with Gasteiger partial charge in [-0.2, -0.15) is 5.26 Å². The molecular formula is C13H13N3O2. The number of carbonyl (C=O) groups is 2. The number of ketones is 1. The van der Waals surface area contributed by atoms with Crippen LogP contribution in [0.15, 0.2) is 18.2 Å². The van der Waals surface area contributed by atoms with E-state index in [4.69, 9.17) is 5.26 Å². The Morgan fingerprint density at radius 3 is 2.78 bits per heavy atom. The Labute approximate surface area is 105 Å². The molecule has 0 radical (unpaired) electrons. The van der Waals surface area contributed by atoms with Crippen LogP contribution >= 0.6 is 0 Å². The molecule has 2 rings (SSSR count). The normalized spacial score (nSPS) is 14.2. The third kappa shape index (κ3) is 2.05. The quantitative estimate of drug-likeness (QED) is 0.775. The van der Waals surface area contributed by atoms with E-state index in [-0.39, 0.29) is 24.8 Å². The van der Waals surface area contributed by atoms with Crippen LogP contribution in [0.5, 0.6) is 0 Å². The number of hydrogen-bond acceptors (Lipinski definition) is 4. The molecule has 0 saturated carbocycles. The molecule has 1 aromatic carbocycles. The van der Waals surface area contributed by atoms with Gasteiger partial charge in [-0.05, 0) is 25.1 Å². The summed E-state index contributed by atoms with van der Waals surface area (Å²) >= 11 is 0. The van der Waals surface area contributed by atoms with Crippen LogP contribution in [0.4, 0.5) is 11.4 Å². The number of fused-ring (bicyclic) bond motifs is 1. The zero-order chi connectivity index (χ0) is 13.3. The highest BCUT2D eigenvalue weighted by Crippen LogP contribution is 2.33. The summed E-state index contributed by atoms with van der Waals surface area (Å²) in [5.74, 6) is -0.212. The second-order valence-electron chi connectivity index (χ2n) is 4.35. The van der Waals surface area contributed by atoms with Gasteiger partial charge in [0.2, 0.25) is 5.91 Å². The second-order valence-corrected chi connectivity index (χ2v) is 4.35. The molecule has 1 heterocycles. The number of Topliss-reactive ketones (excluding diaryl/α,β-unsaturated/α-hetero) is 1. The van der Waals surface area contributed by atoms with Crippen molar-refractivity contribution >= 4 is 23.1 Å². The highest BCUT2D eigenvalue weighted by atomic mass is 16.2. The van der Waals surface area contributed by atoms with Gasteiger partial charge < -0.3 is 9.80 Å². The van der Waals surface area contributed by atoms with Gasteiger partial charge in [0.15, 0.2) is 0 Å². The molecule has 0 saturated heterocycles. The molecule has 0 atom stereocenters. The number of rotatable bonds is 2. The maximum Gasteiger partial charge on any atom is 0.246 e. The van der Waals surface area contributed by atoms with E-state index in [0.717, 1.165) is 5.69 Å². The number of anilines is 2. The lowest BCUT2D eigenvalue weighted by Crippen LogP contribution is -2.46. The van der Waals surface area contributed by atoms with Gasteiger partial charge in [0.05, 0.1) is 36.1 Å². The molecule has 0 unspecified atom stereocenters. The fourth-order valence-electron chi connectivity index (χ4n) is 2.04. The van der Waals surface area contributed by atoms with Crippen LogP contribution in [0.1, 0.15) is 12.5 Å². The Bertz CT molecular complexity index is 560. The molecule has 0 fully saturated rings. The summed E-state index contributed by atoms with van der Waals surface area (Å²) in [7, 11) is 1.81.